The number of hydrogen-bond acceptors (Lipinski definition) is 3. The first-order valence-electron chi connectivity index (χ1n) is 8.94. The Morgan fingerprint density at radius 1 is 1.00 bits per heavy atom. The number of piperazine rings is 1. The van der Waals surface area contributed by atoms with Gasteiger partial charge >= 0.3 is 0 Å². The van der Waals surface area contributed by atoms with Crippen molar-refractivity contribution in [1.82, 2.24) is 10.2 Å². The summed E-state index contributed by atoms with van der Waals surface area (Å²) in [5.41, 5.74) is 4.67. The van der Waals surface area contributed by atoms with E-state index in [-0.39, 0.29) is 5.82 Å². The van der Waals surface area contributed by atoms with E-state index in [0.29, 0.717) is 6.61 Å². The van der Waals surface area contributed by atoms with Crippen LogP contribution in [0.1, 0.15) is 17.5 Å². The Hall–Kier alpha value is -2.17. The maximum Gasteiger partial charge on any atom is 0.127 e. The largest absolute Gasteiger partial charge is 0.489 e. The molecule has 0 atom stereocenters. The van der Waals surface area contributed by atoms with E-state index in [2.05, 4.69) is 16.3 Å². The smallest absolute Gasteiger partial charge is 0.127 e. The number of nitrogens with zero attached hydrogens (tertiary/aromatic N) is 1. The van der Waals surface area contributed by atoms with E-state index >= 15 is 0 Å². The first kappa shape index (κ1) is 16.3. The minimum Gasteiger partial charge on any atom is -0.489 e. The Morgan fingerprint density at radius 3 is 2.56 bits per heavy atom. The van der Waals surface area contributed by atoms with Gasteiger partial charge in [-0.3, -0.25) is 0 Å². The molecule has 0 aromatic heterocycles. The average Bonchev–Trinajstić information content (AvgIpc) is 2.67. The number of rotatable bonds is 4. The normalized spacial score (nSPS) is 18.0. The van der Waals surface area contributed by atoms with Crippen molar-refractivity contribution in [2.75, 3.05) is 39.3 Å². The van der Waals surface area contributed by atoms with Crippen LogP contribution in [0.5, 0.6) is 5.75 Å². The molecule has 0 spiro atoms. The van der Waals surface area contributed by atoms with Crippen LogP contribution in [0.15, 0.2) is 54.1 Å². The Balaban J connectivity index is 1.67. The Morgan fingerprint density at radius 2 is 1.76 bits per heavy atom. The molecule has 0 amide bonds. The fourth-order valence-corrected chi connectivity index (χ4v) is 3.63. The van der Waals surface area contributed by atoms with Crippen molar-refractivity contribution < 1.29 is 9.13 Å². The van der Waals surface area contributed by atoms with Gasteiger partial charge in [0.05, 0.1) is 0 Å². The van der Waals surface area contributed by atoms with Gasteiger partial charge in [0.15, 0.2) is 0 Å². The van der Waals surface area contributed by atoms with Crippen molar-refractivity contribution in [3.8, 4) is 5.75 Å². The topological polar surface area (TPSA) is 24.5 Å². The fraction of sp³-hybridized carbons (Fsp3) is 0.333. The first-order valence-corrected chi connectivity index (χ1v) is 8.94. The number of ether oxygens (including phenoxy) is 1. The summed E-state index contributed by atoms with van der Waals surface area (Å²) in [5.74, 6) is 0.708. The second-order valence-corrected chi connectivity index (χ2v) is 6.61. The van der Waals surface area contributed by atoms with Crippen molar-refractivity contribution >= 4 is 5.57 Å². The quantitative estimate of drug-likeness (QED) is 0.926. The number of fused-ring (bicyclic) bond motifs is 1. The van der Waals surface area contributed by atoms with Crippen molar-refractivity contribution in [2.45, 2.75) is 6.42 Å². The summed E-state index contributed by atoms with van der Waals surface area (Å²) >= 11 is 0. The molecular formula is C21H23FN2O. The number of nitrogens with one attached hydrogen (secondary N) is 1. The summed E-state index contributed by atoms with van der Waals surface area (Å²) in [4.78, 5) is 2.49. The van der Waals surface area contributed by atoms with Crippen LogP contribution in [0.2, 0.25) is 0 Å². The maximum atomic E-state index is 13.4. The molecule has 1 saturated heterocycles. The van der Waals surface area contributed by atoms with Crippen molar-refractivity contribution in [3.05, 3.63) is 71.0 Å². The molecule has 25 heavy (non-hydrogen) atoms. The minimum atomic E-state index is -0.202. The van der Waals surface area contributed by atoms with E-state index in [4.69, 9.17) is 4.74 Å². The molecule has 2 aliphatic rings. The van der Waals surface area contributed by atoms with Gasteiger partial charge in [0.1, 0.15) is 18.2 Å². The summed E-state index contributed by atoms with van der Waals surface area (Å²) in [6.45, 7) is 5.95. The minimum absolute atomic E-state index is 0.202. The summed E-state index contributed by atoms with van der Waals surface area (Å²) in [7, 11) is 0. The lowest BCUT2D eigenvalue weighted by molar-refractivity contribution is 0.239. The molecular weight excluding hydrogens is 315 g/mol. The van der Waals surface area contributed by atoms with Gasteiger partial charge < -0.3 is 15.0 Å². The van der Waals surface area contributed by atoms with Gasteiger partial charge in [0.2, 0.25) is 0 Å². The van der Waals surface area contributed by atoms with Gasteiger partial charge in [0.25, 0.3) is 0 Å². The van der Waals surface area contributed by atoms with E-state index in [9.17, 15) is 4.39 Å². The Labute approximate surface area is 148 Å². The monoisotopic (exact) mass is 338 g/mol. The van der Waals surface area contributed by atoms with Crippen LogP contribution in [-0.2, 0) is 0 Å². The fourth-order valence-electron chi connectivity index (χ4n) is 3.63. The van der Waals surface area contributed by atoms with E-state index in [1.54, 1.807) is 0 Å². The van der Waals surface area contributed by atoms with Crippen LogP contribution in [0, 0.1) is 5.82 Å². The highest BCUT2D eigenvalue weighted by molar-refractivity contribution is 5.86. The molecule has 130 valence electrons. The van der Waals surface area contributed by atoms with Crippen LogP contribution < -0.4 is 10.1 Å². The predicted octanol–water partition coefficient (Wildman–Crippen LogP) is 3.32. The summed E-state index contributed by atoms with van der Waals surface area (Å²) in [6.07, 6.45) is 0.973. The Bertz CT molecular complexity index is 764. The maximum absolute atomic E-state index is 13.4. The third-order valence-electron chi connectivity index (χ3n) is 4.98. The standard InChI is InChI=1S/C21H23FN2O/c22-18-7-5-16(6-8-18)21-17(9-12-24-13-10-23-11-14-24)15-25-20-4-2-1-3-19(20)21/h1-8,23H,9-15H2. The van der Waals surface area contributed by atoms with Gasteiger partial charge in [-0.05, 0) is 41.3 Å². The van der Waals surface area contributed by atoms with Crippen LogP contribution in [0.3, 0.4) is 0 Å². The predicted molar refractivity (Wildman–Crippen MR) is 98.3 cm³/mol. The average molecular weight is 338 g/mol. The number of benzene rings is 2. The van der Waals surface area contributed by atoms with Crippen molar-refractivity contribution in [2.24, 2.45) is 0 Å². The molecule has 0 saturated carbocycles. The van der Waals surface area contributed by atoms with Crippen LogP contribution in [-0.4, -0.2) is 44.2 Å². The van der Waals surface area contributed by atoms with Crippen LogP contribution in [0.4, 0.5) is 4.39 Å². The van der Waals surface area contributed by atoms with Gasteiger partial charge in [-0.1, -0.05) is 30.3 Å². The number of para-hydroxylation sites is 1. The first-order chi connectivity index (χ1) is 12.3. The molecule has 1 N–H and O–H groups in total. The number of hydrogen-bond donors (Lipinski definition) is 1. The summed E-state index contributed by atoms with van der Waals surface area (Å²) in [5, 5.41) is 3.39. The molecule has 0 bridgehead atoms. The molecule has 3 nitrogen and oxygen atoms in total. The lowest BCUT2D eigenvalue weighted by Gasteiger charge is -2.29. The van der Waals surface area contributed by atoms with Gasteiger partial charge in [-0.2, -0.15) is 0 Å². The number of halogens is 1. The van der Waals surface area contributed by atoms with Crippen LogP contribution >= 0.6 is 0 Å². The molecule has 2 aliphatic heterocycles. The van der Waals surface area contributed by atoms with Gasteiger partial charge in [0, 0.05) is 38.3 Å². The van der Waals surface area contributed by atoms with E-state index < -0.39 is 0 Å². The van der Waals surface area contributed by atoms with Crippen molar-refractivity contribution in [1.29, 1.82) is 0 Å². The van der Waals surface area contributed by atoms with E-state index in [1.807, 2.05) is 30.3 Å². The highest BCUT2D eigenvalue weighted by atomic mass is 19.1. The molecule has 2 heterocycles. The van der Waals surface area contributed by atoms with Gasteiger partial charge in [-0.15, -0.1) is 0 Å². The zero-order valence-corrected chi connectivity index (χ0v) is 14.3. The van der Waals surface area contributed by atoms with Gasteiger partial charge in [-0.25, -0.2) is 4.39 Å². The SMILES string of the molecule is Fc1ccc(C2=C(CCN3CCNCC3)COc3ccccc32)cc1. The summed E-state index contributed by atoms with van der Waals surface area (Å²) in [6, 6.07) is 14.9. The van der Waals surface area contributed by atoms with E-state index in [0.717, 1.165) is 56.0 Å². The zero-order chi connectivity index (χ0) is 17.1. The molecule has 0 aliphatic carbocycles. The molecule has 2 aromatic carbocycles. The van der Waals surface area contributed by atoms with Crippen LogP contribution in [0.25, 0.3) is 5.57 Å². The Kier molecular flexibility index (Phi) is 4.81. The lowest BCUT2D eigenvalue weighted by atomic mass is 9.89. The van der Waals surface area contributed by atoms with E-state index in [1.165, 1.54) is 23.3 Å². The highest BCUT2D eigenvalue weighted by Gasteiger charge is 2.22. The second-order valence-electron chi connectivity index (χ2n) is 6.61. The molecule has 4 rings (SSSR count). The van der Waals surface area contributed by atoms with Crippen molar-refractivity contribution in [3.63, 3.8) is 0 Å². The molecule has 4 heteroatoms. The molecule has 0 radical (unpaired) electrons. The zero-order valence-electron chi connectivity index (χ0n) is 14.3. The molecule has 2 aromatic rings. The third-order valence-corrected chi connectivity index (χ3v) is 4.98. The second kappa shape index (κ2) is 7.38. The summed E-state index contributed by atoms with van der Waals surface area (Å²) < 4.78 is 19.4. The third kappa shape index (κ3) is 3.60. The molecule has 1 fully saturated rings. The molecule has 0 unspecified atom stereocenters. The highest BCUT2D eigenvalue weighted by Crippen LogP contribution is 2.38. The lowest BCUT2D eigenvalue weighted by Crippen LogP contribution is -2.43.